The highest BCUT2D eigenvalue weighted by Crippen LogP contribution is 2.62. The Labute approximate surface area is 173 Å². The summed E-state index contributed by atoms with van der Waals surface area (Å²) in [6.45, 7) is 8.04. The largest absolute Gasteiger partial charge is 0.364 e. The van der Waals surface area contributed by atoms with E-state index in [-0.39, 0.29) is 12.1 Å². The second-order valence-corrected chi connectivity index (χ2v) is 8.68. The van der Waals surface area contributed by atoms with Crippen molar-refractivity contribution in [2.75, 3.05) is 5.32 Å². The summed E-state index contributed by atoms with van der Waals surface area (Å²) in [5, 5.41) is 17.5. The van der Waals surface area contributed by atoms with Crippen LogP contribution in [-0.2, 0) is 15.0 Å². The minimum Gasteiger partial charge on any atom is -0.364 e. The number of H-pyrrole nitrogens is 1. The zero-order valence-electron chi connectivity index (χ0n) is 16.8. The molecule has 1 aromatic heterocycles. The first-order chi connectivity index (χ1) is 14.2. The molecule has 3 aliphatic heterocycles. The van der Waals surface area contributed by atoms with Gasteiger partial charge in [0.25, 0.3) is 11.8 Å². The summed E-state index contributed by atoms with van der Waals surface area (Å²) in [4.78, 5) is 34.7. The van der Waals surface area contributed by atoms with Gasteiger partial charge in [0.05, 0.1) is 18.2 Å². The third kappa shape index (κ3) is 2.11. The Morgan fingerprint density at radius 3 is 2.80 bits per heavy atom. The number of aliphatic hydroxyl groups is 1. The highest BCUT2D eigenvalue weighted by atomic mass is 16.3. The van der Waals surface area contributed by atoms with E-state index in [4.69, 9.17) is 0 Å². The summed E-state index contributed by atoms with van der Waals surface area (Å²) in [5.41, 5.74) is -0.745. The zero-order valence-corrected chi connectivity index (χ0v) is 16.8. The van der Waals surface area contributed by atoms with Crippen molar-refractivity contribution in [2.45, 2.75) is 37.6 Å². The molecule has 4 heterocycles. The molecule has 5 rings (SSSR count). The number of hydrogen-bond acceptors (Lipinski definition) is 5. The standard InChI is InChI=1S/C22H23N5O3/c1-4-20(2,3)21-11-22(30)19(29)26-16(9-13-10-23-12-24-13)17(28)27(22)18(21)25-15-8-6-5-7-14(15)21/h4-10,12,18,25,30H,1,11H2,2-3H3,(H,23,24)(H,26,29)/b16-9-/t18-,21+,22+/m0/s1. The quantitative estimate of drug-likeness (QED) is 0.459. The third-order valence-electron chi connectivity index (χ3n) is 6.89. The van der Waals surface area contributed by atoms with E-state index < -0.39 is 34.5 Å². The summed E-state index contributed by atoms with van der Waals surface area (Å²) in [7, 11) is 0. The Balaban J connectivity index is 1.70. The van der Waals surface area contributed by atoms with Crippen molar-refractivity contribution < 1.29 is 14.7 Å². The lowest BCUT2D eigenvalue weighted by Gasteiger charge is -2.43. The summed E-state index contributed by atoms with van der Waals surface area (Å²) >= 11 is 0. The highest BCUT2D eigenvalue weighted by Gasteiger charge is 2.72. The number of para-hydroxylation sites is 1. The predicted octanol–water partition coefficient (Wildman–Crippen LogP) is 1.70. The van der Waals surface area contributed by atoms with Crippen molar-refractivity contribution in [3.8, 4) is 0 Å². The number of nitrogens with zero attached hydrogens (tertiary/aromatic N) is 2. The van der Waals surface area contributed by atoms with Crippen LogP contribution in [0.15, 0.2) is 55.1 Å². The number of carbonyl (C=O) groups is 2. The van der Waals surface area contributed by atoms with Crippen molar-refractivity contribution in [3.63, 3.8) is 0 Å². The molecule has 3 aliphatic rings. The van der Waals surface area contributed by atoms with Crippen molar-refractivity contribution in [3.05, 3.63) is 66.4 Å². The molecule has 8 heteroatoms. The fraction of sp³-hybridized carbons (Fsp3) is 0.318. The van der Waals surface area contributed by atoms with Gasteiger partial charge >= 0.3 is 0 Å². The van der Waals surface area contributed by atoms with Crippen molar-refractivity contribution in [1.82, 2.24) is 20.2 Å². The van der Waals surface area contributed by atoms with Gasteiger partial charge in [-0.1, -0.05) is 38.1 Å². The molecule has 154 valence electrons. The van der Waals surface area contributed by atoms with Crippen LogP contribution in [0.2, 0.25) is 0 Å². The van der Waals surface area contributed by atoms with E-state index in [0.29, 0.717) is 5.69 Å². The van der Waals surface area contributed by atoms with Crippen LogP contribution in [0.25, 0.3) is 6.08 Å². The Hall–Kier alpha value is -3.39. The summed E-state index contributed by atoms with van der Waals surface area (Å²) in [6.07, 6.45) is 5.83. The van der Waals surface area contributed by atoms with Gasteiger partial charge in [-0.15, -0.1) is 6.58 Å². The molecule has 0 radical (unpaired) electrons. The first-order valence-corrected chi connectivity index (χ1v) is 9.82. The van der Waals surface area contributed by atoms with Gasteiger partial charge in [0.15, 0.2) is 0 Å². The maximum absolute atomic E-state index is 13.5. The maximum Gasteiger partial charge on any atom is 0.278 e. The summed E-state index contributed by atoms with van der Waals surface area (Å²) in [6, 6.07) is 7.78. The van der Waals surface area contributed by atoms with Gasteiger partial charge in [0.1, 0.15) is 11.9 Å². The van der Waals surface area contributed by atoms with Crippen molar-refractivity contribution >= 4 is 23.6 Å². The summed E-state index contributed by atoms with van der Waals surface area (Å²) in [5.74, 6) is -1.08. The Morgan fingerprint density at radius 1 is 1.33 bits per heavy atom. The number of hydrogen-bond donors (Lipinski definition) is 4. The van der Waals surface area contributed by atoms with Crippen molar-refractivity contribution in [1.29, 1.82) is 0 Å². The van der Waals surface area contributed by atoms with Gasteiger partial charge in [-0.3, -0.25) is 14.5 Å². The number of allylic oxidation sites excluding steroid dienone is 1. The molecule has 2 amide bonds. The number of aromatic amines is 1. The van der Waals surface area contributed by atoms with E-state index in [2.05, 4.69) is 27.2 Å². The van der Waals surface area contributed by atoms with Gasteiger partial charge in [-0.2, -0.15) is 0 Å². The van der Waals surface area contributed by atoms with Crippen LogP contribution in [0.5, 0.6) is 0 Å². The molecule has 0 unspecified atom stereocenters. The minimum atomic E-state index is -1.98. The second-order valence-electron chi connectivity index (χ2n) is 8.68. The fourth-order valence-electron chi connectivity index (χ4n) is 5.17. The van der Waals surface area contributed by atoms with E-state index in [1.54, 1.807) is 6.20 Å². The number of anilines is 1. The topological polar surface area (TPSA) is 110 Å². The third-order valence-corrected chi connectivity index (χ3v) is 6.89. The molecule has 2 fully saturated rings. The number of piperazine rings is 1. The summed E-state index contributed by atoms with van der Waals surface area (Å²) < 4.78 is 0. The van der Waals surface area contributed by atoms with E-state index >= 15 is 0 Å². The molecular formula is C22H23N5O3. The number of nitrogens with one attached hydrogen (secondary N) is 3. The maximum atomic E-state index is 13.5. The molecule has 2 aromatic rings. The number of fused-ring (bicyclic) bond motifs is 5. The first kappa shape index (κ1) is 18.6. The van der Waals surface area contributed by atoms with E-state index in [1.807, 2.05) is 44.2 Å². The van der Waals surface area contributed by atoms with Gasteiger partial charge in [-0.25, -0.2) is 4.98 Å². The number of rotatable bonds is 3. The lowest BCUT2D eigenvalue weighted by Crippen LogP contribution is -2.66. The van der Waals surface area contributed by atoms with Crippen LogP contribution in [0.4, 0.5) is 5.69 Å². The molecule has 1 aromatic carbocycles. The predicted molar refractivity (Wildman–Crippen MR) is 111 cm³/mol. The second kappa shape index (κ2) is 5.82. The lowest BCUT2D eigenvalue weighted by atomic mass is 9.60. The van der Waals surface area contributed by atoms with Gasteiger partial charge in [0, 0.05) is 17.5 Å². The molecule has 3 atom stereocenters. The van der Waals surface area contributed by atoms with Crippen LogP contribution in [0.3, 0.4) is 0 Å². The van der Waals surface area contributed by atoms with E-state index in [9.17, 15) is 14.7 Å². The lowest BCUT2D eigenvalue weighted by molar-refractivity contribution is -0.173. The number of amides is 2. The average Bonchev–Trinajstić information content (AvgIpc) is 3.39. The number of imidazole rings is 1. The number of carbonyl (C=O) groups excluding carboxylic acids is 2. The normalized spacial score (nSPS) is 31.1. The number of aromatic nitrogens is 2. The molecule has 0 spiro atoms. The molecule has 30 heavy (non-hydrogen) atoms. The van der Waals surface area contributed by atoms with E-state index in [1.165, 1.54) is 17.3 Å². The molecule has 0 aliphatic carbocycles. The van der Waals surface area contributed by atoms with Gasteiger partial charge in [-0.05, 0) is 23.1 Å². The monoisotopic (exact) mass is 405 g/mol. The molecule has 0 saturated carbocycles. The Bertz CT molecular complexity index is 1110. The molecule has 0 bridgehead atoms. The van der Waals surface area contributed by atoms with Gasteiger partial charge < -0.3 is 20.7 Å². The Kier molecular flexibility index (Phi) is 3.62. The molecule has 2 saturated heterocycles. The van der Waals surface area contributed by atoms with Crippen LogP contribution >= 0.6 is 0 Å². The molecular weight excluding hydrogens is 382 g/mol. The smallest absolute Gasteiger partial charge is 0.278 e. The van der Waals surface area contributed by atoms with E-state index in [0.717, 1.165) is 11.3 Å². The van der Waals surface area contributed by atoms with Crippen LogP contribution in [-0.4, -0.2) is 43.7 Å². The van der Waals surface area contributed by atoms with Crippen LogP contribution in [0.1, 0.15) is 31.5 Å². The highest BCUT2D eigenvalue weighted by molar-refractivity contribution is 6.09. The van der Waals surface area contributed by atoms with Gasteiger partial charge in [0.2, 0.25) is 5.72 Å². The fourth-order valence-corrected chi connectivity index (χ4v) is 5.17. The van der Waals surface area contributed by atoms with Crippen molar-refractivity contribution in [2.24, 2.45) is 5.41 Å². The van der Waals surface area contributed by atoms with Crippen LogP contribution < -0.4 is 10.6 Å². The molecule has 4 N–H and O–H groups in total. The number of benzene rings is 1. The average molecular weight is 405 g/mol. The minimum absolute atomic E-state index is 0.0581. The SMILES string of the molecule is C=CC(C)(C)[C@@]12C[C@@]3(O)C(=O)N/C(=C\c4cnc[nH]4)C(=O)N3[C@@H]1Nc1ccccc12. The first-order valence-electron chi connectivity index (χ1n) is 9.82. The zero-order chi connectivity index (χ0) is 21.3. The Morgan fingerprint density at radius 2 is 2.10 bits per heavy atom. The van der Waals surface area contributed by atoms with Crippen LogP contribution in [0, 0.1) is 5.41 Å². The molecule has 8 nitrogen and oxygen atoms in total.